The number of ether oxygens (including phenoxy) is 2. The second kappa shape index (κ2) is 10.8. The summed E-state index contributed by atoms with van der Waals surface area (Å²) in [6.45, 7) is 6.99. The zero-order valence-corrected chi connectivity index (χ0v) is 16.7. The van der Waals surface area contributed by atoms with Crippen molar-refractivity contribution in [3.05, 3.63) is 35.9 Å². The molecule has 0 heterocycles. The minimum atomic E-state index is -0.584. The third-order valence-corrected chi connectivity index (χ3v) is 3.73. The van der Waals surface area contributed by atoms with Gasteiger partial charge in [0.1, 0.15) is 12.1 Å². The Balaban J connectivity index is 2.54. The number of benzene rings is 1. The van der Waals surface area contributed by atoms with E-state index in [-0.39, 0.29) is 12.5 Å². The molecule has 1 aromatic rings. The molecule has 0 saturated heterocycles. The van der Waals surface area contributed by atoms with Crippen molar-refractivity contribution in [2.24, 2.45) is 0 Å². The first-order chi connectivity index (χ1) is 12.2. The number of likely N-dealkylation sites (N-methyl/N-ethyl adjacent to an activating group) is 1. The number of rotatable bonds is 9. The fourth-order valence-electron chi connectivity index (χ4n) is 2.39. The monoisotopic (exact) mass is 364 g/mol. The molecule has 0 N–H and O–H groups in total. The van der Waals surface area contributed by atoms with Gasteiger partial charge in [0.05, 0.1) is 6.61 Å². The molecule has 0 aliphatic carbocycles. The van der Waals surface area contributed by atoms with Gasteiger partial charge in [0.15, 0.2) is 0 Å². The van der Waals surface area contributed by atoms with Crippen molar-refractivity contribution in [1.82, 2.24) is 9.80 Å². The van der Waals surface area contributed by atoms with Gasteiger partial charge in [-0.3, -0.25) is 4.79 Å². The molecule has 1 aromatic carbocycles. The van der Waals surface area contributed by atoms with Gasteiger partial charge in [-0.1, -0.05) is 30.3 Å². The molecular formula is C20H32N2O4. The van der Waals surface area contributed by atoms with E-state index in [4.69, 9.17) is 9.47 Å². The molecule has 0 radical (unpaired) electrons. The Kier molecular flexibility index (Phi) is 9.13. The summed E-state index contributed by atoms with van der Waals surface area (Å²) in [6.07, 6.45) is 1.26. The van der Waals surface area contributed by atoms with Gasteiger partial charge in [0.25, 0.3) is 0 Å². The van der Waals surface area contributed by atoms with E-state index in [2.05, 4.69) is 12.1 Å². The third-order valence-electron chi connectivity index (χ3n) is 3.73. The minimum Gasteiger partial charge on any atom is -0.444 e. The molecule has 0 atom stereocenters. The maximum Gasteiger partial charge on any atom is 0.410 e. The van der Waals surface area contributed by atoms with Crippen LogP contribution >= 0.6 is 0 Å². The Hall–Kier alpha value is -2.08. The molecule has 0 aliphatic rings. The Bertz CT molecular complexity index is 555. The van der Waals surface area contributed by atoms with Crippen molar-refractivity contribution in [2.75, 3.05) is 40.4 Å². The van der Waals surface area contributed by atoms with Crippen LogP contribution in [0.3, 0.4) is 0 Å². The summed E-state index contributed by atoms with van der Waals surface area (Å²) in [5, 5.41) is 0. The lowest BCUT2D eigenvalue weighted by atomic mass is 10.1. The Morgan fingerprint density at radius 2 is 1.73 bits per heavy atom. The van der Waals surface area contributed by atoms with Crippen LogP contribution < -0.4 is 0 Å². The Labute approximate surface area is 157 Å². The van der Waals surface area contributed by atoms with Crippen molar-refractivity contribution in [2.45, 2.75) is 39.2 Å². The number of methoxy groups -OCH3 is 1. The summed E-state index contributed by atoms with van der Waals surface area (Å²) < 4.78 is 10.4. The van der Waals surface area contributed by atoms with Gasteiger partial charge >= 0.3 is 6.09 Å². The second-order valence-electron chi connectivity index (χ2n) is 7.30. The molecule has 0 saturated carbocycles. The van der Waals surface area contributed by atoms with Crippen LogP contribution in [0.1, 0.15) is 32.8 Å². The number of hydrogen-bond acceptors (Lipinski definition) is 4. The molecule has 0 bridgehead atoms. The van der Waals surface area contributed by atoms with Crippen molar-refractivity contribution >= 4 is 12.0 Å². The van der Waals surface area contributed by atoms with E-state index in [1.165, 1.54) is 10.5 Å². The molecule has 0 fully saturated rings. The zero-order chi connectivity index (χ0) is 19.6. The molecule has 146 valence electrons. The van der Waals surface area contributed by atoms with Crippen molar-refractivity contribution in [3.8, 4) is 0 Å². The standard InChI is InChI=1S/C20H32N2O4/c1-20(2,3)26-19(24)21(4)16-18(23)22(14-15-25-5)13-9-12-17-10-7-6-8-11-17/h6-8,10-11H,9,12-16H2,1-5H3. The van der Waals surface area contributed by atoms with Gasteiger partial charge in [-0.2, -0.15) is 0 Å². The van der Waals surface area contributed by atoms with Crippen LogP contribution in [0.2, 0.25) is 0 Å². The van der Waals surface area contributed by atoms with E-state index in [0.717, 1.165) is 12.8 Å². The maximum atomic E-state index is 12.6. The van der Waals surface area contributed by atoms with Gasteiger partial charge in [0.2, 0.25) is 5.91 Å². The molecule has 1 rings (SSSR count). The fraction of sp³-hybridized carbons (Fsp3) is 0.600. The Morgan fingerprint density at radius 3 is 2.31 bits per heavy atom. The highest BCUT2D eigenvalue weighted by Gasteiger charge is 2.23. The first-order valence-electron chi connectivity index (χ1n) is 8.97. The molecule has 0 spiro atoms. The van der Waals surface area contributed by atoms with Gasteiger partial charge in [-0.15, -0.1) is 0 Å². The molecule has 6 heteroatoms. The van der Waals surface area contributed by atoms with E-state index in [1.807, 2.05) is 18.2 Å². The molecule has 0 unspecified atom stereocenters. The molecular weight excluding hydrogens is 332 g/mol. The first kappa shape index (κ1) is 22.0. The third kappa shape index (κ3) is 8.85. The maximum absolute atomic E-state index is 12.6. The summed E-state index contributed by atoms with van der Waals surface area (Å²) in [7, 11) is 3.18. The van der Waals surface area contributed by atoms with E-state index in [9.17, 15) is 9.59 Å². The average Bonchev–Trinajstić information content (AvgIpc) is 2.57. The van der Waals surface area contributed by atoms with Gasteiger partial charge < -0.3 is 19.3 Å². The lowest BCUT2D eigenvalue weighted by molar-refractivity contribution is -0.132. The highest BCUT2D eigenvalue weighted by atomic mass is 16.6. The van der Waals surface area contributed by atoms with Crippen molar-refractivity contribution < 1.29 is 19.1 Å². The van der Waals surface area contributed by atoms with E-state index in [0.29, 0.717) is 19.7 Å². The SMILES string of the molecule is COCCN(CCCc1ccccc1)C(=O)CN(C)C(=O)OC(C)(C)C. The molecule has 0 aliphatic heterocycles. The zero-order valence-electron chi connectivity index (χ0n) is 16.7. The molecule has 2 amide bonds. The van der Waals surface area contributed by atoms with Gasteiger partial charge in [-0.25, -0.2) is 4.79 Å². The normalized spacial score (nSPS) is 11.1. The molecule has 0 aromatic heterocycles. The van der Waals surface area contributed by atoms with Crippen LogP contribution in [0.15, 0.2) is 30.3 Å². The first-order valence-corrected chi connectivity index (χ1v) is 8.97. The van der Waals surface area contributed by atoms with Crippen LogP contribution in [-0.4, -0.2) is 67.8 Å². The predicted molar refractivity (Wildman–Crippen MR) is 102 cm³/mol. The fourth-order valence-corrected chi connectivity index (χ4v) is 2.39. The highest BCUT2D eigenvalue weighted by molar-refractivity contribution is 5.82. The van der Waals surface area contributed by atoms with Gasteiger partial charge in [0, 0.05) is 27.2 Å². The minimum absolute atomic E-state index is 0.00996. The van der Waals surface area contributed by atoms with Crippen LogP contribution in [0.4, 0.5) is 4.79 Å². The summed E-state index contributed by atoms with van der Waals surface area (Å²) in [5.41, 5.74) is 0.664. The van der Waals surface area contributed by atoms with Crippen molar-refractivity contribution in [3.63, 3.8) is 0 Å². The number of carbonyl (C=O) groups excluding carboxylic acids is 2. The smallest absolute Gasteiger partial charge is 0.410 e. The van der Waals surface area contributed by atoms with E-state index < -0.39 is 11.7 Å². The largest absolute Gasteiger partial charge is 0.444 e. The summed E-state index contributed by atoms with van der Waals surface area (Å²) in [4.78, 5) is 27.7. The number of nitrogens with zero attached hydrogens (tertiary/aromatic N) is 2. The van der Waals surface area contributed by atoms with Crippen LogP contribution in [0.5, 0.6) is 0 Å². The number of aryl methyl sites for hydroxylation is 1. The number of hydrogen-bond donors (Lipinski definition) is 0. The molecule has 6 nitrogen and oxygen atoms in total. The summed E-state index contributed by atoms with van der Waals surface area (Å²) >= 11 is 0. The average molecular weight is 364 g/mol. The quantitative estimate of drug-likeness (QED) is 0.676. The summed E-state index contributed by atoms with van der Waals surface area (Å²) in [6, 6.07) is 10.2. The van der Waals surface area contributed by atoms with E-state index in [1.54, 1.807) is 39.8 Å². The van der Waals surface area contributed by atoms with Crippen LogP contribution in [0, 0.1) is 0 Å². The van der Waals surface area contributed by atoms with Crippen LogP contribution in [-0.2, 0) is 20.7 Å². The topological polar surface area (TPSA) is 59.1 Å². The lowest BCUT2D eigenvalue weighted by Crippen LogP contribution is -2.44. The number of carbonyl (C=O) groups is 2. The summed E-state index contributed by atoms with van der Waals surface area (Å²) in [5.74, 6) is -0.108. The Morgan fingerprint density at radius 1 is 1.08 bits per heavy atom. The van der Waals surface area contributed by atoms with Crippen molar-refractivity contribution in [1.29, 1.82) is 0 Å². The lowest BCUT2D eigenvalue weighted by Gasteiger charge is -2.27. The predicted octanol–water partition coefficient (Wildman–Crippen LogP) is 2.96. The number of amides is 2. The van der Waals surface area contributed by atoms with E-state index >= 15 is 0 Å². The van der Waals surface area contributed by atoms with Crippen LogP contribution in [0.25, 0.3) is 0 Å². The molecule has 26 heavy (non-hydrogen) atoms. The highest BCUT2D eigenvalue weighted by Crippen LogP contribution is 2.09. The van der Waals surface area contributed by atoms with Gasteiger partial charge in [-0.05, 0) is 39.2 Å². The second-order valence-corrected chi connectivity index (χ2v) is 7.30.